The number of hydrogen-bond acceptors (Lipinski definition) is 4. The van der Waals surface area contributed by atoms with E-state index in [0.29, 0.717) is 24.8 Å². The van der Waals surface area contributed by atoms with Crippen LogP contribution in [0.3, 0.4) is 0 Å². The first-order chi connectivity index (χ1) is 7.72. The van der Waals surface area contributed by atoms with E-state index >= 15 is 0 Å². The fourth-order valence-corrected chi connectivity index (χ4v) is 3.24. The summed E-state index contributed by atoms with van der Waals surface area (Å²) in [5.41, 5.74) is 1.90. The Morgan fingerprint density at radius 2 is 2.25 bits per heavy atom. The van der Waals surface area contributed by atoms with Crippen molar-refractivity contribution in [2.75, 3.05) is 6.61 Å². The molecule has 1 N–H and O–H groups in total. The first-order valence-electron chi connectivity index (χ1n) is 4.56. The number of carbonyl (C=O) groups excluding carboxylic acids is 1. The second-order valence-corrected chi connectivity index (χ2v) is 5.51. The molecule has 0 saturated carbocycles. The summed E-state index contributed by atoms with van der Waals surface area (Å²) in [4.78, 5) is 11.1. The van der Waals surface area contributed by atoms with Crippen LogP contribution in [0.2, 0.25) is 0 Å². The molecule has 0 radical (unpaired) electrons. The first kappa shape index (κ1) is 9.98. The predicted octanol–water partition coefficient (Wildman–Crippen LogP) is 2.70. The second-order valence-electron chi connectivity index (χ2n) is 3.27. The summed E-state index contributed by atoms with van der Waals surface area (Å²) in [6, 6.07) is 4.97. The summed E-state index contributed by atoms with van der Waals surface area (Å²) in [5, 5.41) is 10.3. The zero-order valence-electron chi connectivity index (χ0n) is 8.01. The van der Waals surface area contributed by atoms with Crippen LogP contribution in [0, 0.1) is 0 Å². The van der Waals surface area contributed by atoms with Gasteiger partial charge in [0.15, 0.2) is 11.0 Å². The summed E-state index contributed by atoms with van der Waals surface area (Å²) >= 11 is 0. The molecular weight excluding hydrogens is 246 g/mol. The molecule has 16 heavy (non-hydrogen) atoms. The van der Waals surface area contributed by atoms with Gasteiger partial charge in [0.05, 0.1) is 0 Å². The average Bonchev–Trinajstić information content (AvgIpc) is 2.83. The van der Waals surface area contributed by atoms with E-state index in [2.05, 4.69) is 0 Å². The number of phenols is 1. The van der Waals surface area contributed by atoms with Crippen molar-refractivity contribution in [1.82, 2.24) is 0 Å². The van der Waals surface area contributed by atoms with Crippen molar-refractivity contribution in [2.24, 2.45) is 0 Å². The molecule has 1 aliphatic heterocycles. The molecule has 0 amide bonds. The van der Waals surface area contributed by atoms with Gasteiger partial charge in [0, 0.05) is 19.4 Å². The lowest BCUT2D eigenvalue weighted by molar-refractivity contribution is -0.112. The van der Waals surface area contributed by atoms with E-state index in [1.807, 2.05) is 0 Å². The topological polar surface area (TPSA) is 59.7 Å². The first-order valence-corrected chi connectivity index (χ1v) is 6.35. The van der Waals surface area contributed by atoms with E-state index in [1.165, 1.54) is 0 Å². The molecular formula is C10H6O4P2. The molecule has 3 rings (SSSR count). The molecule has 0 fully saturated rings. The van der Waals surface area contributed by atoms with Gasteiger partial charge in [-0.25, -0.2) is 0 Å². The van der Waals surface area contributed by atoms with Gasteiger partial charge in [0.2, 0.25) is 5.52 Å². The van der Waals surface area contributed by atoms with E-state index < -0.39 is 0 Å². The van der Waals surface area contributed by atoms with Crippen molar-refractivity contribution in [3.8, 4) is 5.75 Å². The number of rotatable bonds is 1. The van der Waals surface area contributed by atoms with Crippen molar-refractivity contribution >= 4 is 38.1 Å². The molecule has 0 atom stereocenters. The zero-order valence-corrected chi connectivity index (χ0v) is 9.79. The third kappa shape index (κ3) is 1.65. The van der Waals surface area contributed by atoms with Gasteiger partial charge < -0.3 is 14.3 Å². The lowest BCUT2D eigenvalue weighted by atomic mass is 10.3. The fraction of sp³-hybridized carbons (Fsp3) is 0.100. The lowest BCUT2D eigenvalue weighted by Crippen LogP contribution is -1.97. The van der Waals surface area contributed by atoms with Gasteiger partial charge in [-0.2, -0.15) is 0 Å². The molecule has 1 aromatic heterocycles. The smallest absolute Gasteiger partial charge is 0.210 e. The maximum atomic E-state index is 11.1. The molecule has 2 aromatic rings. The normalized spacial score (nSPS) is 17.2. The van der Waals surface area contributed by atoms with Gasteiger partial charge in [0.25, 0.3) is 0 Å². The van der Waals surface area contributed by atoms with Crippen LogP contribution < -0.4 is 0 Å². The molecule has 4 nitrogen and oxygen atoms in total. The van der Waals surface area contributed by atoms with E-state index in [4.69, 9.17) is 9.15 Å². The van der Waals surface area contributed by atoms with Crippen LogP contribution in [-0.4, -0.2) is 22.7 Å². The number of benzene rings is 1. The quantitative estimate of drug-likeness (QED) is 0.792. The number of carbonyl (C=O) groups is 1. The monoisotopic (exact) mass is 252 g/mol. The Balaban J connectivity index is 2.12. The van der Waals surface area contributed by atoms with Gasteiger partial charge in [0.1, 0.15) is 17.9 Å². The van der Waals surface area contributed by atoms with Crippen molar-refractivity contribution < 1.29 is 19.1 Å². The van der Waals surface area contributed by atoms with Gasteiger partial charge in [-0.15, -0.1) is 0 Å². The second kappa shape index (κ2) is 3.67. The third-order valence-corrected chi connectivity index (χ3v) is 4.31. The molecule has 0 bridgehead atoms. The molecule has 1 aliphatic rings. The Morgan fingerprint density at radius 3 is 3.00 bits per heavy atom. The summed E-state index contributed by atoms with van der Waals surface area (Å²) in [6.07, 6.45) is 0. The van der Waals surface area contributed by atoms with Crippen LogP contribution in [0.15, 0.2) is 22.6 Å². The minimum Gasteiger partial charge on any atom is -0.508 e. The standard InChI is InChI=1S/C10H6O4P2/c11-5-1-2-7-6(3-5)14-10(15-7)9-13-4-8(12)16-9/h1-3,11H,4H2. The average molecular weight is 252 g/mol. The Morgan fingerprint density at radius 1 is 1.38 bits per heavy atom. The number of phenolic OH excluding ortho intramolecular Hbond substituents is 1. The highest BCUT2D eigenvalue weighted by atomic mass is 31.1. The van der Waals surface area contributed by atoms with Gasteiger partial charge >= 0.3 is 0 Å². The molecule has 0 saturated heterocycles. The number of aromatic hydroxyl groups is 1. The van der Waals surface area contributed by atoms with Crippen molar-refractivity contribution in [3.63, 3.8) is 0 Å². The van der Waals surface area contributed by atoms with E-state index in [1.54, 1.807) is 18.2 Å². The minimum atomic E-state index is 0.0418. The molecule has 1 aromatic carbocycles. The highest BCUT2D eigenvalue weighted by molar-refractivity contribution is 7.61. The highest BCUT2D eigenvalue weighted by Gasteiger charge is 2.19. The summed E-state index contributed by atoms with van der Waals surface area (Å²) in [7, 11) is 1.44. The SMILES string of the molecule is O=C1COC(c2oc3cc(O)ccc3p2)=P1. The summed E-state index contributed by atoms with van der Waals surface area (Å²) in [6.45, 7) is 0.126. The summed E-state index contributed by atoms with van der Waals surface area (Å²) < 4.78 is 10.8. The van der Waals surface area contributed by atoms with Crippen LogP contribution in [0.25, 0.3) is 10.7 Å². The van der Waals surface area contributed by atoms with Crippen LogP contribution >= 0.6 is 16.4 Å². The maximum Gasteiger partial charge on any atom is 0.210 e. The number of ether oxygens (including phenoxy) is 1. The molecule has 0 unspecified atom stereocenters. The molecule has 6 heteroatoms. The van der Waals surface area contributed by atoms with E-state index in [-0.39, 0.29) is 17.9 Å². The van der Waals surface area contributed by atoms with Crippen molar-refractivity contribution in [3.05, 3.63) is 23.7 Å². The van der Waals surface area contributed by atoms with Gasteiger partial charge in [-0.1, -0.05) is 0 Å². The van der Waals surface area contributed by atoms with Crippen LogP contribution in [-0.2, 0) is 9.53 Å². The minimum absolute atomic E-state index is 0.0418. The summed E-state index contributed by atoms with van der Waals surface area (Å²) in [5.74, 6) is 0.168. The molecule has 0 spiro atoms. The van der Waals surface area contributed by atoms with Crippen LogP contribution in [0.4, 0.5) is 0 Å². The van der Waals surface area contributed by atoms with Crippen LogP contribution in [0.1, 0.15) is 5.49 Å². The third-order valence-electron chi connectivity index (χ3n) is 2.11. The maximum absolute atomic E-state index is 11.1. The fourth-order valence-electron chi connectivity index (χ4n) is 1.42. The predicted molar refractivity (Wildman–Crippen MR) is 62.4 cm³/mol. The zero-order chi connectivity index (χ0) is 11.1. The van der Waals surface area contributed by atoms with Gasteiger partial charge in [-0.05, 0) is 20.3 Å². The van der Waals surface area contributed by atoms with E-state index in [9.17, 15) is 9.90 Å². The number of fused-ring (bicyclic) bond motifs is 1. The van der Waals surface area contributed by atoms with Crippen molar-refractivity contribution in [1.29, 1.82) is 0 Å². The lowest BCUT2D eigenvalue weighted by Gasteiger charge is -1.92. The Hall–Kier alpha value is -1.21. The van der Waals surface area contributed by atoms with E-state index in [0.717, 1.165) is 13.3 Å². The Bertz CT molecular complexity index is 614. The van der Waals surface area contributed by atoms with Crippen LogP contribution in [0.5, 0.6) is 5.75 Å². The van der Waals surface area contributed by atoms with Gasteiger partial charge in [-0.3, -0.25) is 4.79 Å². The molecule has 80 valence electrons. The largest absolute Gasteiger partial charge is 0.508 e. The number of hydrogen-bond donors (Lipinski definition) is 1. The highest BCUT2D eigenvalue weighted by Crippen LogP contribution is 2.35. The Kier molecular flexibility index (Phi) is 2.29. The molecule has 2 heterocycles. The van der Waals surface area contributed by atoms with Crippen molar-refractivity contribution in [2.45, 2.75) is 0 Å². The molecule has 0 aliphatic carbocycles. The Labute approximate surface area is 93.7 Å².